The van der Waals surface area contributed by atoms with E-state index >= 15 is 0 Å². The van der Waals surface area contributed by atoms with Crippen molar-refractivity contribution < 1.29 is 24.5 Å². The van der Waals surface area contributed by atoms with Gasteiger partial charge < -0.3 is 19.8 Å². The highest BCUT2D eigenvalue weighted by atomic mass is 16.5. The molecule has 2 N–H and O–H groups in total. The number of aryl methyl sites for hydroxylation is 1. The maximum Gasteiger partial charge on any atom is 0.194 e. The van der Waals surface area contributed by atoms with Gasteiger partial charge in [0.05, 0.1) is 28.2 Å². The number of hydrogen-bond acceptors (Lipinski definition) is 7. The standard InChI is InChI=1S/C27H25N3O5/c1-14-23(32)21(18(31)11-12-29(4)5)25-22(24(14)33)27(3)19(35-25)13-17-20(26(27)34)15(2)28-30(17)16-9-7-6-8-10-16/h6-13,32-33H,1-5H3/b12-11+/t27-/m0/s1. The van der Waals surface area contributed by atoms with E-state index in [-0.39, 0.29) is 45.5 Å². The molecule has 3 aromatic rings. The van der Waals surface area contributed by atoms with E-state index in [1.54, 1.807) is 49.8 Å². The molecule has 0 spiro atoms. The fourth-order valence-corrected chi connectivity index (χ4v) is 4.76. The van der Waals surface area contributed by atoms with Crippen LogP contribution in [0.4, 0.5) is 0 Å². The summed E-state index contributed by atoms with van der Waals surface area (Å²) < 4.78 is 7.80. The number of nitrogens with zero attached hydrogens (tertiary/aromatic N) is 3. The average Bonchev–Trinajstić information content (AvgIpc) is 3.31. The molecule has 1 aliphatic heterocycles. The topological polar surface area (TPSA) is 105 Å². The zero-order valence-electron chi connectivity index (χ0n) is 20.1. The van der Waals surface area contributed by atoms with Gasteiger partial charge >= 0.3 is 0 Å². The first-order valence-corrected chi connectivity index (χ1v) is 11.1. The van der Waals surface area contributed by atoms with Gasteiger partial charge in [-0.1, -0.05) is 18.2 Å². The number of rotatable bonds is 4. The SMILES string of the molecule is Cc1nn(-c2ccccc2)c2c1C(=O)[C@@]1(C)C(=C2)Oc2c(C(=O)/C=C/N(C)C)c(O)c(C)c(O)c21. The van der Waals surface area contributed by atoms with Gasteiger partial charge in [-0.05, 0) is 32.9 Å². The van der Waals surface area contributed by atoms with Gasteiger partial charge in [0.2, 0.25) is 0 Å². The Morgan fingerprint density at radius 1 is 1.14 bits per heavy atom. The van der Waals surface area contributed by atoms with Gasteiger partial charge in [-0.15, -0.1) is 0 Å². The maximum absolute atomic E-state index is 14.0. The van der Waals surface area contributed by atoms with E-state index in [1.165, 1.54) is 13.0 Å². The summed E-state index contributed by atoms with van der Waals surface area (Å²) in [5, 5.41) is 26.5. The number of ether oxygens (including phenoxy) is 1. The van der Waals surface area contributed by atoms with E-state index < -0.39 is 11.2 Å². The second-order valence-electron chi connectivity index (χ2n) is 9.20. The van der Waals surface area contributed by atoms with Crippen molar-refractivity contribution in [1.29, 1.82) is 0 Å². The number of hydrogen-bond donors (Lipinski definition) is 2. The molecule has 0 saturated heterocycles. The Morgan fingerprint density at radius 2 is 1.83 bits per heavy atom. The summed E-state index contributed by atoms with van der Waals surface area (Å²) in [6.45, 7) is 4.92. The number of ketones is 2. The Kier molecular flexibility index (Phi) is 4.87. The third-order valence-electron chi connectivity index (χ3n) is 6.66. The molecule has 0 bridgehead atoms. The summed E-state index contributed by atoms with van der Waals surface area (Å²) in [6, 6.07) is 9.42. The van der Waals surface area contributed by atoms with Crippen LogP contribution in [-0.2, 0) is 5.41 Å². The lowest BCUT2D eigenvalue weighted by Gasteiger charge is -2.27. The molecule has 8 nitrogen and oxygen atoms in total. The predicted molar refractivity (Wildman–Crippen MR) is 130 cm³/mol. The van der Waals surface area contributed by atoms with Crippen LogP contribution in [0.1, 0.15) is 50.2 Å². The first-order valence-electron chi connectivity index (χ1n) is 11.1. The Hall–Kier alpha value is -4.33. The molecule has 5 rings (SSSR count). The number of fused-ring (bicyclic) bond motifs is 4. The molecule has 0 unspecified atom stereocenters. The number of carbonyl (C=O) groups is 2. The molecule has 2 heterocycles. The number of Topliss-reactive ketones (excluding diaryl/α,β-unsaturated/α-hetero) is 1. The Morgan fingerprint density at radius 3 is 2.49 bits per heavy atom. The van der Waals surface area contributed by atoms with Gasteiger partial charge in [-0.2, -0.15) is 5.10 Å². The second-order valence-corrected chi connectivity index (χ2v) is 9.20. The molecule has 0 radical (unpaired) electrons. The van der Waals surface area contributed by atoms with Crippen molar-refractivity contribution in [1.82, 2.24) is 14.7 Å². The lowest BCUT2D eigenvalue weighted by molar-refractivity contribution is 0.0905. The van der Waals surface area contributed by atoms with Gasteiger partial charge in [0.15, 0.2) is 11.6 Å². The van der Waals surface area contributed by atoms with Crippen molar-refractivity contribution >= 4 is 17.6 Å². The van der Waals surface area contributed by atoms with Crippen molar-refractivity contribution in [2.24, 2.45) is 0 Å². The first kappa shape index (κ1) is 22.5. The van der Waals surface area contributed by atoms with Crippen LogP contribution in [0, 0.1) is 13.8 Å². The smallest absolute Gasteiger partial charge is 0.194 e. The van der Waals surface area contributed by atoms with Crippen LogP contribution >= 0.6 is 0 Å². The molecule has 1 atom stereocenters. The summed E-state index contributed by atoms with van der Waals surface area (Å²) in [5.41, 5.74) is 1.08. The first-order chi connectivity index (χ1) is 16.6. The number of allylic oxidation sites excluding steroid dienone is 2. The fraction of sp³-hybridized carbons (Fsp3) is 0.222. The highest BCUT2D eigenvalue weighted by Gasteiger charge is 2.55. The Bertz CT molecular complexity index is 1480. The molecule has 1 aromatic heterocycles. The van der Waals surface area contributed by atoms with Crippen molar-refractivity contribution in [3.8, 4) is 22.9 Å². The van der Waals surface area contributed by atoms with Crippen LogP contribution in [0.15, 0.2) is 48.4 Å². The molecule has 2 aromatic carbocycles. The highest BCUT2D eigenvalue weighted by Crippen LogP contribution is 2.58. The number of para-hydroxylation sites is 1. The Balaban J connectivity index is 1.76. The highest BCUT2D eigenvalue weighted by molar-refractivity contribution is 6.16. The Labute approximate surface area is 202 Å². The van der Waals surface area contributed by atoms with Crippen LogP contribution in [0.5, 0.6) is 17.2 Å². The lowest BCUT2D eigenvalue weighted by atomic mass is 9.71. The van der Waals surface area contributed by atoms with E-state index in [1.807, 2.05) is 30.3 Å². The number of phenolic OH excluding ortho intramolecular Hbond substituents is 2. The van der Waals surface area contributed by atoms with Crippen molar-refractivity contribution in [2.45, 2.75) is 26.2 Å². The van der Waals surface area contributed by atoms with E-state index in [0.717, 1.165) is 5.69 Å². The largest absolute Gasteiger partial charge is 0.507 e. The summed E-state index contributed by atoms with van der Waals surface area (Å²) in [7, 11) is 3.53. The molecular weight excluding hydrogens is 446 g/mol. The van der Waals surface area contributed by atoms with Gasteiger partial charge in [-0.3, -0.25) is 9.59 Å². The zero-order valence-corrected chi connectivity index (χ0v) is 20.1. The number of benzene rings is 2. The predicted octanol–water partition coefficient (Wildman–Crippen LogP) is 4.05. The van der Waals surface area contributed by atoms with Crippen molar-refractivity contribution in [3.63, 3.8) is 0 Å². The van der Waals surface area contributed by atoms with E-state index in [9.17, 15) is 19.8 Å². The molecule has 35 heavy (non-hydrogen) atoms. The summed E-state index contributed by atoms with van der Waals surface area (Å²) in [6.07, 6.45) is 4.58. The third-order valence-corrected chi connectivity index (χ3v) is 6.66. The van der Waals surface area contributed by atoms with Crippen LogP contribution < -0.4 is 4.74 Å². The van der Waals surface area contributed by atoms with E-state index in [0.29, 0.717) is 17.0 Å². The molecule has 0 saturated carbocycles. The van der Waals surface area contributed by atoms with Crippen molar-refractivity contribution in [2.75, 3.05) is 14.1 Å². The van der Waals surface area contributed by atoms with Gasteiger partial charge in [0, 0.05) is 38.0 Å². The average molecular weight is 472 g/mol. The number of carbonyl (C=O) groups excluding carboxylic acids is 2. The van der Waals surface area contributed by atoms with Gasteiger partial charge in [-0.25, -0.2) is 4.68 Å². The summed E-state index contributed by atoms with van der Waals surface area (Å²) >= 11 is 0. The lowest BCUT2D eigenvalue weighted by Crippen LogP contribution is -2.36. The van der Waals surface area contributed by atoms with E-state index in [2.05, 4.69) is 5.10 Å². The zero-order chi connectivity index (χ0) is 25.2. The molecule has 178 valence electrons. The molecule has 0 fully saturated rings. The van der Waals surface area contributed by atoms with Gasteiger partial charge in [0.1, 0.15) is 34.0 Å². The van der Waals surface area contributed by atoms with Crippen LogP contribution in [0.3, 0.4) is 0 Å². The summed E-state index contributed by atoms with van der Waals surface area (Å²) in [5.74, 6) is -1.22. The molecule has 1 aliphatic carbocycles. The molecule has 0 amide bonds. The van der Waals surface area contributed by atoms with Crippen LogP contribution in [0.2, 0.25) is 0 Å². The third kappa shape index (κ3) is 3.02. The quantitative estimate of drug-likeness (QED) is 0.437. The normalized spacial score (nSPS) is 18.1. The van der Waals surface area contributed by atoms with E-state index in [4.69, 9.17) is 4.74 Å². The second kappa shape index (κ2) is 7.59. The van der Waals surface area contributed by atoms with Gasteiger partial charge in [0.25, 0.3) is 0 Å². The van der Waals surface area contributed by atoms with Crippen molar-refractivity contribution in [3.05, 3.63) is 82.0 Å². The minimum Gasteiger partial charge on any atom is -0.507 e. The molecule has 8 heteroatoms. The van der Waals surface area contributed by atoms with Crippen LogP contribution in [-0.4, -0.2) is 50.6 Å². The number of aromatic hydroxyl groups is 2. The minimum absolute atomic E-state index is 0.0110. The van der Waals surface area contributed by atoms with Crippen LogP contribution in [0.25, 0.3) is 11.8 Å². The maximum atomic E-state index is 14.0. The number of aromatic nitrogens is 2. The minimum atomic E-state index is -1.39. The summed E-state index contributed by atoms with van der Waals surface area (Å²) in [4.78, 5) is 28.8. The molecular formula is C27H25N3O5. The monoisotopic (exact) mass is 471 g/mol. The number of phenols is 2. The fourth-order valence-electron chi connectivity index (χ4n) is 4.76. The molecule has 2 aliphatic rings.